The molecular weight excluding hydrogens is 396 g/mol. The number of hydrogen-bond donors (Lipinski definition) is 2. The number of ether oxygens (including phenoxy) is 1. The Morgan fingerprint density at radius 1 is 1.20 bits per heavy atom. The van der Waals surface area contributed by atoms with Gasteiger partial charge in [0.1, 0.15) is 5.75 Å². The van der Waals surface area contributed by atoms with E-state index in [1.807, 2.05) is 30.5 Å². The molecule has 1 spiro atoms. The molecule has 6 heteroatoms. The van der Waals surface area contributed by atoms with Crippen LogP contribution in [0.2, 0.25) is 0 Å². The van der Waals surface area contributed by atoms with Crippen LogP contribution in [-0.2, 0) is 21.5 Å². The lowest BCUT2D eigenvalue weighted by Crippen LogP contribution is -2.50. The summed E-state index contributed by atoms with van der Waals surface area (Å²) in [5.41, 5.74) is 3.37. The van der Waals surface area contributed by atoms with E-state index < -0.39 is 0 Å². The van der Waals surface area contributed by atoms with Gasteiger partial charge < -0.3 is 15.2 Å². The van der Waals surface area contributed by atoms with Crippen molar-refractivity contribution in [2.75, 3.05) is 32.2 Å². The number of piperidine rings is 1. The smallest absolute Gasteiger partial charge is 0.230 e. The molecule has 4 rings (SSSR count). The number of nitrogens with one attached hydrogen (secondary N) is 1. The van der Waals surface area contributed by atoms with Gasteiger partial charge in [-0.3, -0.25) is 9.69 Å². The maximum atomic E-state index is 12.4. The molecule has 30 heavy (non-hydrogen) atoms. The van der Waals surface area contributed by atoms with Crippen LogP contribution >= 0.6 is 11.8 Å². The molecule has 2 aromatic rings. The number of methoxy groups -OCH3 is 1. The average molecular weight is 427 g/mol. The highest BCUT2D eigenvalue weighted by Gasteiger charge is 2.53. The van der Waals surface area contributed by atoms with Crippen molar-refractivity contribution < 1.29 is 14.6 Å². The second-order valence-electron chi connectivity index (χ2n) is 8.28. The van der Waals surface area contributed by atoms with Crippen molar-refractivity contribution in [1.29, 1.82) is 0 Å². The molecule has 2 aliphatic rings. The van der Waals surface area contributed by atoms with Crippen LogP contribution in [0.5, 0.6) is 5.75 Å². The summed E-state index contributed by atoms with van der Waals surface area (Å²) in [4.78, 5) is 14.8. The zero-order valence-corrected chi connectivity index (χ0v) is 18.5. The fourth-order valence-corrected chi connectivity index (χ4v) is 5.61. The van der Waals surface area contributed by atoms with Gasteiger partial charge in [0.2, 0.25) is 5.91 Å². The maximum absolute atomic E-state index is 12.4. The van der Waals surface area contributed by atoms with Crippen molar-refractivity contribution in [2.45, 2.75) is 36.9 Å². The van der Waals surface area contributed by atoms with E-state index in [2.05, 4.69) is 28.4 Å². The van der Waals surface area contributed by atoms with Gasteiger partial charge in [-0.15, -0.1) is 0 Å². The molecule has 2 N–H and O–H groups in total. The quantitative estimate of drug-likeness (QED) is 0.741. The van der Waals surface area contributed by atoms with Crippen LogP contribution < -0.4 is 5.32 Å². The number of thioether (sulfide) groups is 1. The van der Waals surface area contributed by atoms with Crippen molar-refractivity contribution in [3.63, 3.8) is 0 Å². The van der Waals surface area contributed by atoms with Crippen molar-refractivity contribution in [2.24, 2.45) is 0 Å². The molecule has 1 heterocycles. The molecule has 0 radical (unpaired) electrons. The number of hydrogen-bond acceptors (Lipinski definition) is 5. The van der Waals surface area contributed by atoms with Crippen molar-refractivity contribution in [1.82, 2.24) is 10.2 Å². The van der Waals surface area contributed by atoms with Crippen LogP contribution in [0.25, 0.3) is 0 Å². The molecule has 1 saturated heterocycles. The van der Waals surface area contributed by atoms with E-state index in [-0.39, 0.29) is 23.5 Å². The molecule has 1 fully saturated rings. The minimum Gasteiger partial charge on any atom is -0.508 e. The normalized spacial score (nSPS) is 22.7. The summed E-state index contributed by atoms with van der Waals surface area (Å²) >= 11 is 1.53. The first-order valence-electron chi connectivity index (χ1n) is 10.5. The molecule has 160 valence electrons. The van der Waals surface area contributed by atoms with Crippen LogP contribution in [-0.4, -0.2) is 54.2 Å². The minimum atomic E-state index is -0.115. The number of phenolic OH excluding ortho intramolecular Hbond substituents is 1. The van der Waals surface area contributed by atoms with E-state index in [9.17, 15) is 9.90 Å². The van der Waals surface area contributed by atoms with Crippen molar-refractivity contribution in [3.05, 3.63) is 65.2 Å². The molecule has 5 nitrogen and oxygen atoms in total. The highest BCUT2D eigenvalue weighted by Crippen LogP contribution is 2.52. The first kappa shape index (κ1) is 21.2. The third-order valence-electron chi connectivity index (χ3n) is 6.66. The predicted molar refractivity (Wildman–Crippen MR) is 121 cm³/mol. The number of carbonyl (C=O) groups is 1. The predicted octanol–water partition coefficient (Wildman–Crippen LogP) is 3.47. The largest absolute Gasteiger partial charge is 0.508 e. The molecule has 1 aliphatic carbocycles. The Balaban J connectivity index is 1.56. The summed E-state index contributed by atoms with van der Waals surface area (Å²) in [7, 11) is 1.76. The number of carbonyl (C=O) groups excluding carboxylic acids is 1. The summed E-state index contributed by atoms with van der Waals surface area (Å²) in [6.45, 7) is 2.60. The van der Waals surface area contributed by atoms with Gasteiger partial charge in [0, 0.05) is 24.6 Å². The number of likely N-dealkylation sites (tertiary alicyclic amines) is 1. The van der Waals surface area contributed by atoms with Crippen LogP contribution in [0.1, 0.15) is 35.6 Å². The number of para-hydroxylation sites is 1. The number of nitrogens with zero attached hydrogens (tertiary/aromatic N) is 1. The second-order valence-corrected chi connectivity index (χ2v) is 9.15. The number of rotatable bonds is 6. The molecule has 2 aromatic carbocycles. The summed E-state index contributed by atoms with van der Waals surface area (Å²) in [5, 5.41) is 13.4. The SMILES string of the molecule is CO[C@@H]1[C@@H](NC(=O)CSC)c2ccccc2C12CCN(Cc1ccccc1O)CC2. The van der Waals surface area contributed by atoms with Crippen LogP contribution in [0.15, 0.2) is 48.5 Å². The Hall–Kier alpha value is -2.02. The Bertz CT molecular complexity index is 896. The van der Waals surface area contributed by atoms with Gasteiger partial charge in [0.25, 0.3) is 0 Å². The topological polar surface area (TPSA) is 61.8 Å². The molecular formula is C24H30N2O3S. The first-order chi connectivity index (χ1) is 14.6. The Morgan fingerprint density at radius 3 is 2.60 bits per heavy atom. The minimum absolute atomic E-state index is 0.0541. The number of aromatic hydroxyl groups is 1. The van der Waals surface area contributed by atoms with E-state index >= 15 is 0 Å². The standard InChI is InChI=1S/C24H30N2O3S/c1-29-23-22(25-21(28)16-30-2)18-8-4-5-9-19(18)24(23)11-13-26(14-12-24)15-17-7-3-6-10-20(17)27/h3-10,22-23,27H,11-16H2,1-2H3,(H,25,28)/t22-,23+/m0/s1. The van der Waals surface area contributed by atoms with Crippen LogP contribution in [0.3, 0.4) is 0 Å². The third kappa shape index (κ3) is 3.84. The summed E-state index contributed by atoms with van der Waals surface area (Å²) < 4.78 is 6.07. The fraction of sp³-hybridized carbons (Fsp3) is 0.458. The Morgan fingerprint density at radius 2 is 1.90 bits per heavy atom. The Labute approximate surface area is 182 Å². The van der Waals surface area contributed by atoms with Crippen LogP contribution in [0, 0.1) is 0 Å². The number of phenols is 1. The van der Waals surface area contributed by atoms with Crippen LogP contribution in [0.4, 0.5) is 0 Å². The Kier molecular flexibility index (Phi) is 6.37. The van der Waals surface area contributed by atoms with Gasteiger partial charge in [-0.25, -0.2) is 0 Å². The van der Waals surface area contributed by atoms with Gasteiger partial charge in [0.15, 0.2) is 0 Å². The van der Waals surface area contributed by atoms with E-state index in [0.717, 1.165) is 38.0 Å². The maximum Gasteiger partial charge on any atom is 0.230 e. The lowest BCUT2D eigenvalue weighted by molar-refractivity contribution is -0.121. The van der Waals surface area contributed by atoms with E-state index in [1.165, 1.54) is 22.9 Å². The lowest BCUT2D eigenvalue weighted by atomic mass is 9.72. The fourth-order valence-electron chi connectivity index (χ4n) is 5.27. The van der Waals surface area contributed by atoms with Gasteiger partial charge in [-0.1, -0.05) is 42.5 Å². The van der Waals surface area contributed by atoms with Gasteiger partial charge in [-0.2, -0.15) is 11.8 Å². The highest BCUT2D eigenvalue weighted by atomic mass is 32.2. The highest BCUT2D eigenvalue weighted by molar-refractivity contribution is 7.99. The monoisotopic (exact) mass is 426 g/mol. The number of benzene rings is 2. The van der Waals surface area contributed by atoms with E-state index in [1.54, 1.807) is 13.2 Å². The summed E-state index contributed by atoms with van der Waals surface area (Å²) in [6, 6.07) is 15.9. The lowest BCUT2D eigenvalue weighted by Gasteiger charge is -2.44. The molecule has 0 unspecified atom stereocenters. The molecule has 1 amide bonds. The second kappa shape index (κ2) is 9.00. The molecule has 0 saturated carbocycles. The average Bonchev–Trinajstić information content (AvgIpc) is 3.00. The third-order valence-corrected chi connectivity index (χ3v) is 7.21. The van der Waals surface area contributed by atoms with E-state index in [0.29, 0.717) is 11.5 Å². The summed E-state index contributed by atoms with van der Waals surface area (Å²) in [6.07, 6.45) is 3.79. The summed E-state index contributed by atoms with van der Waals surface area (Å²) in [5.74, 6) is 0.866. The van der Waals surface area contributed by atoms with Crippen molar-refractivity contribution >= 4 is 17.7 Å². The zero-order chi connectivity index (χ0) is 21.1. The molecule has 1 aliphatic heterocycles. The number of amides is 1. The zero-order valence-electron chi connectivity index (χ0n) is 17.6. The molecule has 0 bridgehead atoms. The van der Waals surface area contributed by atoms with Crippen molar-refractivity contribution in [3.8, 4) is 5.75 Å². The van der Waals surface area contributed by atoms with Gasteiger partial charge in [-0.05, 0) is 49.4 Å². The van der Waals surface area contributed by atoms with Gasteiger partial charge >= 0.3 is 0 Å². The molecule has 0 aromatic heterocycles. The first-order valence-corrected chi connectivity index (χ1v) is 11.9. The van der Waals surface area contributed by atoms with E-state index in [4.69, 9.17) is 4.74 Å². The molecule has 2 atom stereocenters. The van der Waals surface area contributed by atoms with Gasteiger partial charge in [0.05, 0.1) is 17.9 Å². The number of fused-ring (bicyclic) bond motifs is 2.